The summed E-state index contributed by atoms with van der Waals surface area (Å²) in [6, 6.07) is 20.6. The molecule has 67 valence electrons. The van der Waals surface area contributed by atoms with E-state index in [1.165, 1.54) is 10.4 Å². The van der Waals surface area contributed by atoms with Crippen LogP contribution >= 0.6 is 0 Å². The Morgan fingerprint density at radius 2 is 1.00 bits per heavy atom. The molecule has 0 aliphatic rings. The first kappa shape index (κ1) is 9.10. The predicted octanol–water partition coefficient (Wildman–Crippen LogP) is 1.19. The Balaban J connectivity index is 2.35. The molecular weight excluding hydrogens is 184 g/mol. The molecule has 0 nitrogen and oxygen atoms in total. The van der Waals surface area contributed by atoms with E-state index in [0.717, 1.165) is 0 Å². The fourth-order valence-electron chi connectivity index (χ4n) is 1.40. The van der Waals surface area contributed by atoms with Gasteiger partial charge in [-0.15, -0.1) is 0 Å². The van der Waals surface area contributed by atoms with Crippen LogP contribution in [0.3, 0.4) is 0 Å². The zero-order valence-electron chi connectivity index (χ0n) is 7.85. The molecule has 0 aliphatic heterocycles. The fourth-order valence-corrected chi connectivity index (χ4v) is 2.84. The molecule has 0 fully saturated rings. The van der Waals surface area contributed by atoms with Gasteiger partial charge in [0, 0.05) is 0 Å². The smallest absolute Gasteiger partial charge is 0.0771 e. The fraction of sp³-hybridized carbons (Fsp3) is 0. The van der Waals surface area contributed by atoms with Crippen molar-refractivity contribution in [3.63, 3.8) is 0 Å². The van der Waals surface area contributed by atoms with Crippen LogP contribution in [0.5, 0.6) is 0 Å². The van der Waals surface area contributed by atoms with Crippen LogP contribution in [-0.2, 0) is 0 Å². The van der Waals surface area contributed by atoms with Crippen LogP contribution in [-0.4, -0.2) is 14.6 Å². The summed E-state index contributed by atoms with van der Waals surface area (Å²) in [6.07, 6.45) is 6.22. The summed E-state index contributed by atoms with van der Waals surface area (Å²) >= 11 is 0. The van der Waals surface area contributed by atoms with Crippen molar-refractivity contribution < 1.29 is 0 Å². The van der Waals surface area contributed by atoms with Gasteiger partial charge in [0.25, 0.3) is 0 Å². The molecule has 1 radical (unpaired) electrons. The topological polar surface area (TPSA) is 0 Å². The molecule has 1 heteroatoms. The molecule has 2 aromatic carbocycles. The molecule has 0 aromatic heterocycles. The Bertz CT molecular complexity index is 376. The van der Waals surface area contributed by atoms with Crippen LogP contribution in [0.15, 0.2) is 60.7 Å². The summed E-state index contributed by atoms with van der Waals surface area (Å²) < 4.78 is 0. The maximum atomic E-state index is 6.22. The van der Waals surface area contributed by atoms with E-state index in [1.807, 2.05) is 36.4 Å². The van der Waals surface area contributed by atoms with Crippen molar-refractivity contribution in [1.29, 1.82) is 0 Å². The molecule has 0 saturated heterocycles. The van der Waals surface area contributed by atoms with Crippen molar-refractivity contribution in [2.75, 3.05) is 0 Å². The molecule has 0 heterocycles. The van der Waals surface area contributed by atoms with Crippen LogP contribution in [0.1, 0.15) is 0 Å². The Hall–Kier alpha value is -1.47. The molecule has 0 unspecified atom stereocenters. The second kappa shape index (κ2) is 4.16. The van der Waals surface area contributed by atoms with Crippen molar-refractivity contribution in [2.45, 2.75) is 0 Å². The van der Waals surface area contributed by atoms with Gasteiger partial charge < -0.3 is 0 Å². The number of rotatable bonds is 2. The minimum absolute atomic E-state index is 1.04. The summed E-state index contributed by atoms with van der Waals surface area (Å²) in [4.78, 5) is 0. The summed E-state index contributed by atoms with van der Waals surface area (Å²) in [7, 11) is -1.04. The van der Waals surface area contributed by atoms with Gasteiger partial charge in [0.15, 0.2) is 0 Å². The number of benzene rings is 2. The van der Waals surface area contributed by atoms with E-state index in [4.69, 9.17) is 6.17 Å². The Morgan fingerprint density at radius 3 is 1.36 bits per heavy atom. The third-order valence-corrected chi connectivity index (χ3v) is 4.08. The van der Waals surface area contributed by atoms with E-state index in [0.29, 0.717) is 0 Å². The van der Waals surface area contributed by atoms with Crippen molar-refractivity contribution in [3.8, 4) is 0 Å². The third kappa shape index (κ3) is 1.88. The van der Waals surface area contributed by atoms with Gasteiger partial charge in [-0.1, -0.05) is 66.8 Å². The zero-order chi connectivity index (χ0) is 9.80. The van der Waals surface area contributed by atoms with Crippen LogP contribution in [0.25, 0.3) is 0 Å². The lowest BCUT2D eigenvalue weighted by atomic mass is 10.4. The largest absolute Gasteiger partial charge is 0.0796 e. The second-order valence-electron chi connectivity index (χ2n) is 3.15. The van der Waals surface area contributed by atoms with Gasteiger partial charge in [-0.25, -0.2) is 0 Å². The van der Waals surface area contributed by atoms with Gasteiger partial charge in [-0.2, -0.15) is 0 Å². The molecule has 2 aromatic rings. The number of hydrogen-bond donors (Lipinski definition) is 0. The standard InChI is InChI=1S/C13H11Si/c1-14(12-8-4-2-5-9-12)13-10-6-3-7-11-13/h1-11H. The van der Waals surface area contributed by atoms with E-state index >= 15 is 0 Å². The first-order valence-electron chi connectivity index (χ1n) is 4.61. The molecule has 0 spiro atoms. The minimum Gasteiger partial charge on any atom is -0.0771 e. The second-order valence-corrected chi connectivity index (χ2v) is 5.13. The lowest BCUT2D eigenvalue weighted by molar-refractivity contribution is 1.74. The summed E-state index contributed by atoms with van der Waals surface area (Å²) in [5.41, 5.74) is 0. The Kier molecular flexibility index (Phi) is 2.70. The SMILES string of the molecule is [CH]=[Si](c1ccccc1)c1ccccc1. The van der Waals surface area contributed by atoms with Gasteiger partial charge in [0.2, 0.25) is 0 Å². The first-order chi connectivity index (χ1) is 6.88. The monoisotopic (exact) mass is 195 g/mol. The summed E-state index contributed by atoms with van der Waals surface area (Å²) in [6.45, 7) is 0. The van der Waals surface area contributed by atoms with Crippen LogP contribution in [0, 0.1) is 0 Å². The average molecular weight is 195 g/mol. The highest BCUT2D eigenvalue weighted by Gasteiger charge is 2.00. The van der Waals surface area contributed by atoms with E-state index in [-0.39, 0.29) is 0 Å². The van der Waals surface area contributed by atoms with Crippen molar-refractivity contribution in [2.24, 2.45) is 0 Å². The van der Waals surface area contributed by atoms with Gasteiger partial charge in [0.05, 0.1) is 8.41 Å². The number of hydrogen-bond acceptors (Lipinski definition) is 0. The molecule has 0 saturated carbocycles. The third-order valence-electron chi connectivity index (χ3n) is 2.17. The molecule has 0 N–H and O–H groups in total. The normalized spacial score (nSPS) is 9.71. The van der Waals surface area contributed by atoms with E-state index in [2.05, 4.69) is 24.3 Å². The van der Waals surface area contributed by atoms with Crippen molar-refractivity contribution in [3.05, 3.63) is 60.7 Å². The summed E-state index contributed by atoms with van der Waals surface area (Å²) in [5, 5.41) is 2.51. The van der Waals surface area contributed by atoms with Crippen molar-refractivity contribution in [1.82, 2.24) is 0 Å². The Morgan fingerprint density at radius 1 is 0.643 bits per heavy atom. The van der Waals surface area contributed by atoms with Crippen LogP contribution in [0.4, 0.5) is 0 Å². The van der Waals surface area contributed by atoms with E-state index in [1.54, 1.807) is 0 Å². The van der Waals surface area contributed by atoms with Gasteiger partial charge in [-0.3, -0.25) is 0 Å². The highest BCUT2D eigenvalue weighted by atomic mass is 28.2. The molecule has 0 atom stereocenters. The van der Waals surface area contributed by atoms with Gasteiger partial charge in [0.1, 0.15) is 0 Å². The van der Waals surface area contributed by atoms with Crippen LogP contribution in [0.2, 0.25) is 0 Å². The summed E-state index contributed by atoms with van der Waals surface area (Å²) in [5.74, 6) is 0. The maximum Gasteiger partial charge on any atom is 0.0796 e. The van der Waals surface area contributed by atoms with Crippen LogP contribution < -0.4 is 10.4 Å². The lowest BCUT2D eigenvalue weighted by Crippen LogP contribution is -2.33. The zero-order valence-corrected chi connectivity index (χ0v) is 8.85. The molecule has 2 rings (SSSR count). The van der Waals surface area contributed by atoms with E-state index in [9.17, 15) is 0 Å². The predicted molar refractivity (Wildman–Crippen MR) is 64.0 cm³/mol. The minimum atomic E-state index is -1.04. The Labute approximate surface area is 86.1 Å². The molecule has 0 bridgehead atoms. The molecule has 0 amide bonds. The first-order valence-corrected chi connectivity index (χ1v) is 6.19. The quantitative estimate of drug-likeness (QED) is 0.631. The van der Waals surface area contributed by atoms with E-state index < -0.39 is 8.41 Å². The molecular formula is C13H11Si. The van der Waals surface area contributed by atoms with Gasteiger partial charge >= 0.3 is 0 Å². The van der Waals surface area contributed by atoms with Crippen molar-refractivity contribution >= 4 is 25.0 Å². The molecule has 0 aliphatic carbocycles. The highest BCUT2D eigenvalue weighted by molar-refractivity contribution is 6.86. The average Bonchev–Trinajstić information content (AvgIpc) is 2.30. The van der Waals surface area contributed by atoms with Gasteiger partial charge in [-0.05, 0) is 10.4 Å². The maximum absolute atomic E-state index is 6.22. The highest BCUT2D eigenvalue weighted by Crippen LogP contribution is 1.86. The lowest BCUT2D eigenvalue weighted by Gasteiger charge is -2.03. The molecule has 14 heavy (non-hydrogen) atoms.